The van der Waals surface area contributed by atoms with Gasteiger partial charge in [0.25, 0.3) is 0 Å². The van der Waals surface area contributed by atoms with Crippen molar-refractivity contribution in [2.45, 2.75) is 59.9 Å². The molecule has 0 aliphatic carbocycles. The van der Waals surface area contributed by atoms with Crippen molar-refractivity contribution in [3.8, 4) is 0 Å². The molecule has 0 saturated carbocycles. The van der Waals surface area contributed by atoms with Crippen LogP contribution in [-0.4, -0.2) is 12.1 Å². The van der Waals surface area contributed by atoms with Crippen molar-refractivity contribution in [1.29, 1.82) is 0 Å². The fraction of sp³-hybridized carbons (Fsp3) is 1.00. The Labute approximate surface area is 84.3 Å². The normalized spacial score (nSPS) is 15.0. The van der Waals surface area contributed by atoms with Crippen LogP contribution in [-0.2, 0) is 0 Å². The Kier molecular flexibility index (Phi) is 5.62. The molecule has 1 heteroatoms. The van der Waals surface area contributed by atoms with Crippen LogP contribution in [0.3, 0.4) is 0 Å². The Hall–Kier alpha value is -0.0400. The van der Waals surface area contributed by atoms with Crippen molar-refractivity contribution in [2.24, 2.45) is 11.8 Å². The Morgan fingerprint density at radius 3 is 2.00 bits per heavy atom. The van der Waals surface area contributed by atoms with Gasteiger partial charge < -0.3 is 5.32 Å². The van der Waals surface area contributed by atoms with Gasteiger partial charge in [0, 0.05) is 5.54 Å². The van der Waals surface area contributed by atoms with Crippen LogP contribution in [0.2, 0.25) is 0 Å². The average molecular weight is 185 g/mol. The minimum Gasteiger partial charge on any atom is -0.312 e. The van der Waals surface area contributed by atoms with E-state index < -0.39 is 0 Å². The van der Waals surface area contributed by atoms with Gasteiger partial charge in [-0.1, -0.05) is 20.8 Å². The standard InChI is InChI=1S/C12H27N/c1-10(2)9-11(3)7-8-13-12(4,5)6/h10-11,13H,7-9H2,1-6H3. The molecular weight excluding hydrogens is 158 g/mol. The third-order valence-electron chi connectivity index (χ3n) is 2.17. The molecule has 1 atom stereocenters. The second-order valence-corrected chi connectivity index (χ2v) is 5.70. The van der Waals surface area contributed by atoms with Crippen LogP contribution in [0, 0.1) is 11.8 Å². The van der Waals surface area contributed by atoms with Crippen molar-refractivity contribution >= 4 is 0 Å². The summed E-state index contributed by atoms with van der Waals surface area (Å²) >= 11 is 0. The SMILES string of the molecule is CC(C)CC(C)CCNC(C)(C)C. The van der Waals surface area contributed by atoms with Gasteiger partial charge in [-0.3, -0.25) is 0 Å². The van der Waals surface area contributed by atoms with Crippen LogP contribution < -0.4 is 5.32 Å². The molecule has 0 aromatic heterocycles. The predicted octanol–water partition coefficient (Wildman–Crippen LogP) is 3.45. The fourth-order valence-electron chi connectivity index (χ4n) is 1.62. The Morgan fingerprint density at radius 2 is 1.62 bits per heavy atom. The molecule has 0 aliphatic heterocycles. The maximum absolute atomic E-state index is 3.53. The fourth-order valence-corrected chi connectivity index (χ4v) is 1.62. The van der Waals surface area contributed by atoms with Crippen LogP contribution in [0.15, 0.2) is 0 Å². The molecule has 0 saturated heterocycles. The second-order valence-electron chi connectivity index (χ2n) is 5.70. The third-order valence-corrected chi connectivity index (χ3v) is 2.17. The predicted molar refractivity (Wildman–Crippen MR) is 61.0 cm³/mol. The molecule has 0 amide bonds. The van der Waals surface area contributed by atoms with E-state index in [1.165, 1.54) is 12.8 Å². The van der Waals surface area contributed by atoms with Crippen molar-refractivity contribution in [2.75, 3.05) is 6.54 Å². The first-order valence-electron chi connectivity index (χ1n) is 5.56. The maximum atomic E-state index is 3.53. The second kappa shape index (κ2) is 5.64. The molecule has 0 aromatic carbocycles. The molecule has 0 radical (unpaired) electrons. The molecule has 0 fully saturated rings. The van der Waals surface area contributed by atoms with E-state index in [0.29, 0.717) is 0 Å². The summed E-state index contributed by atoms with van der Waals surface area (Å²) in [5, 5.41) is 3.53. The highest BCUT2D eigenvalue weighted by Crippen LogP contribution is 2.14. The molecule has 0 bridgehead atoms. The lowest BCUT2D eigenvalue weighted by molar-refractivity contribution is 0.364. The molecule has 13 heavy (non-hydrogen) atoms. The Bertz CT molecular complexity index is 122. The zero-order valence-corrected chi connectivity index (χ0v) is 10.3. The molecule has 0 heterocycles. The summed E-state index contributed by atoms with van der Waals surface area (Å²) in [4.78, 5) is 0. The lowest BCUT2D eigenvalue weighted by Crippen LogP contribution is -2.36. The van der Waals surface area contributed by atoms with Gasteiger partial charge in [-0.2, -0.15) is 0 Å². The van der Waals surface area contributed by atoms with E-state index in [2.05, 4.69) is 46.9 Å². The molecular formula is C12H27N. The zero-order chi connectivity index (χ0) is 10.5. The maximum Gasteiger partial charge on any atom is 0.00965 e. The molecule has 1 unspecified atom stereocenters. The zero-order valence-electron chi connectivity index (χ0n) is 10.3. The van der Waals surface area contributed by atoms with Crippen molar-refractivity contribution in [3.05, 3.63) is 0 Å². The molecule has 80 valence electrons. The first-order chi connectivity index (χ1) is 5.81. The topological polar surface area (TPSA) is 12.0 Å². The van der Waals surface area contributed by atoms with Crippen molar-refractivity contribution in [1.82, 2.24) is 5.32 Å². The van der Waals surface area contributed by atoms with Gasteiger partial charge >= 0.3 is 0 Å². The van der Waals surface area contributed by atoms with Crippen LogP contribution in [0.5, 0.6) is 0 Å². The number of nitrogens with one attached hydrogen (secondary N) is 1. The van der Waals surface area contributed by atoms with Gasteiger partial charge in [-0.25, -0.2) is 0 Å². The summed E-state index contributed by atoms with van der Waals surface area (Å²) in [5.41, 5.74) is 0.275. The Balaban J connectivity index is 3.42. The summed E-state index contributed by atoms with van der Waals surface area (Å²) in [6.07, 6.45) is 2.65. The van der Waals surface area contributed by atoms with E-state index in [9.17, 15) is 0 Å². The summed E-state index contributed by atoms with van der Waals surface area (Å²) in [5.74, 6) is 1.69. The summed E-state index contributed by atoms with van der Waals surface area (Å²) in [6, 6.07) is 0. The number of hydrogen-bond donors (Lipinski definition) is 1. The highest BCUT2D eigenvalue weighted by atomic mass is 14.9. The monoisotopic (exact) mass is 185 g/mol. The highest BCUT2D eigenvalue weighted by molar-refractivity contribution is 4.70. The Morgan fingerprint density at radius 1 is 1.08 bits per heavy atom. The van der Waals surface area contributed by atoms with Gasteiger partial charge in [0.2, 0.25) is 0 Å². The minimum atomic E-state index is 0.275. The number of rotatable bonds is 5. The largest absolute Gasteiger partial charge is 0.312 e. The minimum absolute atomic E-state index is 0.275. The molecule has 1 N–H and O–H groups in total. The summed E-state index contributed by atoms with van der Waals surface area (Å²) in [6.45, 7) is 14.8. The summed E-state index contributed by atoms with van der Waals surface area (Å²) < 4.78 is 0. The van der Waals surface area contributed by atoms with Crippen molar-refractivity contribution in [3.63, 3.8) is 0 Å². The lowest BCUT2D eigenvalue weighted by atomic mass is 9.95. The van der Waals surface area contributed by atoms with Crippen LogP contribution in [0.1, 0.15) is 54.4 Å². The molecule has 1 nitrogen and oxygen atoms in total. The van der Waals surface area contributed by atoms with E-state index in [4.69, 9.17) is 0 Å². The van der Waals surface area contributed by atoms with Gasteiger partial charge in [-0.15, -0.1) is 0 Å². The first kappa shape index (κ1) is 13.0. The van der Waals surface area contributed by atoms with Gasteiger partial charge in [0.05, 0.1) is 0 Å². The van der Waals surface area contributed by atoms with Crippen LogP contribution in [0.4, 0.5) is 0 Å². The van der Waals surface area contributed by atoms with E-state index in [1.54, 1.807) is 0 Å². The smallest absolute Gasteiger partial charge is 0.00965 e. The third kappa shape index (κ3) is 9.88. The van der Waals surface area contributed by atoms with E-state index in [1.807, 2.05) is 0 Å². The first-order valence-corrected chi connectivity index (χ1v) is 5.56. The van der Waals surface area contributed by atoms with E-state index >= 15 is 0 Å². The summed E-state index contributed by atoms with van der Waals surface area (Å²) in [7, 11) is 0. The highest BCUT2D eigenvalue weighted by Gasteiger charge is 2.09. The van der Waals surface area contributed by atoms with E-state index in [0.717, 1.165) is 18.4 Å². The van der Waals surface area contributed by atoms with Gasteiger partial charge in [0.1, 0.15) is 0 Å². The van der Waals surface area contributed by atoms with Crippen LogP contribution in [0.25, 0.3) is 0 Å². The lowest BCUT2D eigenvalue weighted by Gasteiger charge is -2.22. The van der Waals surface area contributed by atoms with Crippen LogP contribution >= 0.6 is 0 Å². The molecule has 0 spiro atoms. The van der Waals surface area contributed by atoms with Gasteiger partial charge in [-0.05, 0) is 52.0 Å². The molecule has 0 rings (SSSR count). The van der Waals surface area contributed by atoms with E-state index in [-0.39, 0.29) is 5.54 Å². The molecule has 0 aliphatic rings. The average Bonchev–Trinajstić information content (AvgIpc) is 1.81. The van der Waals surface area contributed by atoms with Gasteiger partial charge in [0.15, 0.2) is 0 Å². The van der Waals surface area contributed by atoms with Crippen molar-refractivity contribution < 1.29 is 0 Å². The molecule has 0 aromatic rings. The quantitative estimate of drug-likeness (QED) is 0.692. The number of hydrogen-bond acceptors (Lipinski definition) is 1.